The van der Waals surface area contributed by atoms with Gasteiger partial charge in [-0.3, -0.25) is 14.6 Å². The molecular formula is C33H43N5O3. The van der Waals surface area contributed by atoms with E-state index in [9.17, 15) is 9.59 Å². The van der Waals surface area contributed by atoms with E-state index in [4.69, 9.17) is 10.5 Å². The zero-order valence-electron chi connectivity index (χ0n) is 24.9. The number of carbonyl (C=O) groups is 2. The lowest BCUT2D eigenvalue weighted by Gasteiger charge is -2.42. The molecule has 2 aromatic carbocycles. The third-order valence-corrected chi connectivity index (χ3v) is 8.34. The summed E-state index contributed by atoms with van der Waals surface area (Å²) < 4.78 is 5.39. The van der Waals surface area contributed by atoms with Crippen LogP contribution in [-0.2, 0) is 6.54 Å². The molecule has 1 aliphatic rings. The Balaban J connectivity index is 1.33. The highest BCUT2D eigenvalue weighted by Gasteiger charge is 2.27. The van der Waals surface area contributed by atoms with E-state index in [1.165, 1.54) is 16.8 Å². The molecule has 3 aromatic rings. The number of rotatable bonds is 11. The minimum absolute atomic E-state index is 0.126. The molecule has 218 valence electrons. The summed E-state index contributed by atoms with van der Waals surface area (Å²) in [5, 5.41) is 3.06. The molecule has 1 fully saturated rings. The lowest BCUT2D eigenvalue weighted by Crippen LogP contribution is -2.48. The number of carbonyl (C=O) groups excluding carboxylic acids is 2. The number of amides is 2. The molecule has 4 rings (SSSR count). The van der Waals surface area contributed by atoms with Crippen LogP contribution >= 0.6 is 0 Å². The van der Waals surface area contributed by atoms with Gasteiger partial charge in [0.25, 0.3) is 5.91 Å². The number of pyridine rings is 1. The second kappa shape index (κ2) is 13.6. The minimum Gasteiger partial charge on any atom is -0.497 e. The predicted molar refractivity (Wildman–Crippen MR) is 164 cm³/mol. The first-order chi connectivity index (χ1) is 19.7. The van der Waals surface area contributed by atoms with Gasteiger partial charge in [-0.2, -0.15) is 0 Å². The van der Waals surface area contributed by atoms with Gasteiger partial charge in [-0.05, 0) is 112 Å². The second-order valence-electron chi connectivity index (χ2n) is 11.1. The van der Waals surface area contributed by atoms with Crippen LogP contribution in [0.3, 0.4) is 0 Å². The topological polar surface area (TPSA) is 101 Å². The normalized spacial score (nSPS) is 14.9. The molecule has 0 saturated carbocycles. The Hall–Kier alpha value is -3.91. The third kappa shape index (κ3) is 7.44. The van der Waals surface area contributed by atoms with Crippen molar-refractivity contribution in [3.8, 4) is 5.75 Å². The number of aryl methyl sites for hydroxylation is 3. The summed E-state index contributed by atoms with van der Waals surface area (Å²) in [5.74, 6) is 0.262. The lowest BCUT2D eigenvalue weighted by molar-refractivity contribution is 0.0942. The van der Waals surface area contributed by atoms with Gasteiger partial charge in [-0.15, -0.1) is 0 Å². The van der Waals surface area contributed by atoms with E-state index < -0.39 is 5.91 Å². The average molecular weight is 558 g/mol. The molecule has 0 spiro atoms. The quantitative estimate of drug-likeness (QED) is 0.352. The largest absolute Gasteiger partial charge is 0.497 e. The fourth-order valence-corrected chi connectivity index (χ4v) is 5.85. The lowest BCUT2D eigenvalue weighted by atomic mass is 9.98. The molecule has 8 heteroatoms. The van der Waals surface area contributed by atoms with Gasteiger partial charge >= 0.3 is 0 Å². The van der Waals surface area contributed by atoms with Crippen LogP contribution in [-0.4, -0.2) is 60.5 Å². The monoisotopic (exact) mass is 557 g/mol. The van der Waals surface area contributed by atoms with Crippen LogP contribution in [0.2, 0.25) is 0 Å². The molecule has 8 nitrogen and oxygen atoms in total. The van der Waals surface area contributed by atoms with Crippen LogP contribution in [0.4, 0.5) is 5.69 Å². The smallest absolute Gasteiger partial charge is 0.251 e. The number of ether oxygens (including phenoxy) is 1. The van der Waals surface area contributed by atoms with Crippen molar-refractivity contribution in [2.45, 2.75) is 65.6 Å². The van der Waals surface area contributed by atoms with Gasteiger partial charge in [0.05, 0.1) is 7.11 Å². The SMILES string of the molecule is COc1ccc(N(Cc2cnccc2C)C2CCN([C@H](C)CCNC(=O)c3cc(C)c(C(N)=O)c(C)c3)CC2)cc1. The second-order valence-corrected chi connectivity index (χ2v) is 11.1. The molecule has 1 saturated heterocycles. The Morgan fingerprint density at radius 1 is 1.07 bits per heavy atom. The van der Waals surface area contributed by atoms with Gasteiger partial charge in [-0.25, -0.2) is 0 Å². The number of methoxy groups -OCH3 is 1. The highest BCUT2D eigenvalue weighted by atomic mass is 16.5. The highest BCUT2D eigenvalue weighted by molar-refractivity contribution is 5.99. The van der Waals surface area contributed by atoms with Gasteiger partial charge in [-0.1, -0.05) is 0 Å². The van der Waals surface area contributed by atoms with Crippen molar-refractivity contribution < 1.29 is 14.3 Å². The number of piperidine rings is 1. The van der Waals surface area contributed by atoms with Crippen molar-refractivity contribution in [2.24, 2.45) is 5.73 Å². The van der Waals surface area contributed by atoms with E-state index in [0.717, 1.165) is 55.8 Å². The number of hydrogen-bond acceptors (Lipinski definition) is 6. The number of aromatic nitrogens is 1. The van der Waals surface area contributed by atoms with Crippen LogP contribution in [0, 0.1) is 20.8 Å². The van der Waals surface area contributed by atoms with E-state index in [-0.39, 0.29) is 5.91 Å². The molecule has 0 bridgehead atoms. The summed E-state index contributed by atoms with van der Waals surface area (Å²) in [4.78, 5) is 33.9. The first-order valence-corrected chi connectivity index (χ1v) is 14.4. The van der Waals surface area contributed by atoms with Crippen molar-refractivity contribution in [3.63, 3.8) is 0 Å². The Kier molecular flexibility index (Phi) is 10.00. The van der Waals surface area contributed by atoms with Crippen molar-refractivity contribution in [3.05, 3.63) is 88.2 Å². The number of hydrogen-bond donors (Lipinski definition) is 2. The zero-order chi connectivity index (χ0) is 29.5. The standard InChI is InChI=1S/C33H43N5O3/c1-22-10-14-35-20-27(22)21-38(28-6-8-30(41-5)9-7-28)29-12-16-37(17-13-29)25(4)11-15-36-33(40)26-18-23(2)31(32(34)39)24(3)19-26/h6-10,14,18-20,25,29H,11-13,15-17,21H2,1-5H3,(H2,34,39)(H,36,40)/t25-/m1/s1. The van der Waals surface area contributed by atoms with Crippen LogP contribution < -0.4 is 20.7 Å². The molecule has 0 aliphatic carbocycles. The van der Waals surface area contributed by atoms with E-state index in [0.29, 0.717) is 29.8 Å². The Labute approximate surface area is 243 Å². The van der Waals surface area contributed by atoms with Gasteiger partial charge in [0.2, 0.25) is 5.91 Å². The molecule has 2 heterocycles. The minimum atomic E-state index is -0.469. The molecular weight excluding hydrogens is 514 g/mol. The van der Waals surface area contributed by atoms with Gasteiger partial charge in [0, 0.05) is 67.5 Å². The molecule has 1 atom stereocenters. The van der Waals surface area contributed by atoms with Crippen LogP contribution in [0.25, 0.3) is 0 Å². The number of primary amides is 1. The van der Waals surface area contributed by atoms with Gasteiger partial charge in [0.15, 0.2) is 0 Å². The van der Waals surface area contributed by atoms with E-state index in [1.807, 2.05) is 38.4 Å². The summed E-state index contributed by atoms with van der Waals surface area (Å²) in [6.07, 6.45) is 6.82. The van der Waals surface area contributed by atoms with E-state index in [1.54, 1.807) is 19.2 Å². The molecule has 0 radical (unpaired) electrons. The summed E-state index contributed by atoms with van der Waals surface area (Å²) in [7, 11) is 1.69. The molecule has 0 unspecified atom stereocenters. The maximum atomic E-state index is 12.8. The van der Waals surface area contributed by atoms with Crippen molar-refractivity contribution in [1.29, 1.82) is 0 Å². The van der Waals surface area contributed by atoms with E-state index in [2.05, 4.69) is 52.1 Å². The summed E-state index contributed by atoms with van der Waals surface area (Å²) in [6, 6.07) is 14.7. The first-order valence-electron chi connectivity index (χ1n) is 14.4. The Morgan fingerprint density at radius 2 is 1.73 bits per heavy atom. The molecule has 1 aromatic heterocycles. The predicted octanol–water partition coefficient (Wildman–Crippen LogP) is 4.79. The molecule has 2 amide bonds. The fraction of sp³-hybridized carbons (Fsp3) is 0.424. The summed E-state index contributed by atoms with van der Waals surface area (Å²) >= 11 is 0. The van der Waals surface area contributed by atoms with Crippen LogP contribution in [0.15, 0.2) is 54.9 Å². The van der Waals surface area contributed by atoms with Crippen molar-refractivity contribution in [2.75, 3.05) is 31.6 Å². The number of anilines is 1. The number of nitrogens with zero attached hydrogens (tertiary/aromatic N) is 3. The zero-order valence-corrected chi connectivity index (χ0v) is 24.9. The number of nitrogens with one attached hydrogen (secondary N) is 1. The Bertz CT molecular complexity index is 1330. The molecule has 1 aliphatic heterocycles. The molecule has 41 heavy (non-hydrogen) atoms. The van der Waals surface area contributed by atoms with Crippen LogP contribution in [0.5, 0.6) is 5.75 Å². The van der Waals surface area contributed by atoms with E-state index >= 15 is 0 Å². The van der Waals surface area contributed by atoms with Gasteiger partial charge < -0.3 is 25.6 Å². The fourth-order valence-electron chi connectivity index (χ4n) is 5.85. The summed E-state index contributed by atoms with van der Waals surface area (Å²) in [5.41, 5.74) is 11.7. The maximum Gasteiger partial charge on any atom is 0.251 e. The average Bonchev–Trinajstić information content (AvgIpc) is 2.96. The summed E-state index contributed by atoms with van der Waals surface area (Å²) in [6.45, 7) is 11.4. The van der Waals surface area contributed by atoms with Crippen molar-refractivity contribution in [1.82, 2.24) is 15.2 Å². The van der Waals surface area contributed by atoms with Crippen molar-refractivity contribution >= 4 is 17.5 Å². The first kappa shape index (κ1) is 30.1. The van der Waals surface area contributed by atoms with Crippen LogP contribution in [0.1, 0.15) is 69.2 Å². The van der Waals surface area contributed by atoms with Gasteiger partial charge in [0.1, 0.15) is 5.75 Å². The third-order valence-electron chi connectivity index (χ3n) is 8.34. The number of likely N-dealkylation sites (tertiary alicyclic amines) is 1. The Morgan fingerprint density at radius 3 is 2.32 bits per heavy atom. The number of benzene rings is 2. The maximum absolute atomic E-state index is 12.8. The molecule has 3 N–H and O–H groups in total. The highest BCUT2D eigenvalue weighted by Crippen LogP contribution is 2.29. The number of nitrogens with two attached hydrogens (primary N) is 1.